The Morgan fingerprint density at radius 2 is 2.15 bits per heavy atom. The Morgan fingerprint density at radius 1 is 1.35 bits per heavy atom. The molecule has 5 nitrogen and oxygen atoms in total. The number of anilines is 1. The van der Waals surface area contributed by atoms with E-state index in [-0.39, 0.29) is 12.1 Å². The SMILES string of the molecule is COc1ccc([C@@H]2NC(=O)c3c(sc4c3CCN(C(C)C)C4)N2)cc1Br. The van der Waals surface area contributed by atoms with Gasteiger partial charge >= 0.3 is 0 Å². The van der Waals surface area contributed by atoms with Gasteiger partial charge in [-0.2, -0.15) is 0 Å². The van der Waals surface area contributed by atoms with Crippen LogP contribution in [0.2, 0.25) is 0 Å². The van der Waals surface area contributed by atoms with Gasteiger partial charge < -0.3 is 15.4 Å². The minimum absolute atomic E-state index is 0.0196. The summed E-state index contributed by atoms with van der Waals surface area (Å²) in [5, 5.41) is 7.61. The number of hydrogen-bond donors (Lipinski definition) is 2. The Labute approximate surface area is 165 Å². The van der Waals surface area contributed by atoms with Crippen molar-refractivity contribution in [2.75, 3.05) is 19.0 Å². The van der Waals surface area contributed by atoms with Gasteiger partial charge in [0.2, 0.25) is 0 Å². The van der Waals surface area contributed by atoms with Crippen LogP contribution >= 0.6 is 27.3 Å². The van der Waals surface area contributed by atoms with E-state index >= 15 is 0 Å². The van der Waals surface area contributed by atoms with Crippen molar-refractivity contribution in [1.82, 2.24) is 10.2 Å². The van der Waals surface area contributed by atoms with Gasteiger partial charge in [-0.05, 0) is 59.5 Å². The molecule has 1 atom stereocenters. The van der Waals surface area contributed by atoms with Crippen LogP contribution in [0, 0.1) is 0 Å². The maximum absolute atomic E-state index is 12.8. The zero-order valence-electron chi connectivity index (χ0n) is 15.1. The highest BCUT2D eigenvalue weighted by atomic mass is 79.9. The smallest absolute Gasteiger partial charge is 0.256 e. The lowest BCUT2D eigenvalue weighted by Gasteiger charge is -2.31. The van der Waals surface area contributed by atoms with Crippen molar-refractivity contribution in [3.63, 3.8) is 0 Å². The lowest BCUT2D eigenvalue weighted by molar-refractivity contribution is 0.0934. The lowest BCUT2D eigenvalue weighted by atomic mass is 9.99. The number of nitrogens with one attached hydrogen (secondary N) is 2. The van der Waals surface area contributed by atoms with E-state index in [1.807, 2.05) is 18.2 Å². The minimum atomic E-state index is -0.237. The molecule has 4 rings (SSSR count). The summed E-state index contributed by atoms with van der Waals surface area (Å²) < 4.78 is 6.16. The van der Waals surface area contributed by atoms with Crippen LogP contribution in [0.4, 0.5) is 5.00 Å². The fraction of sp³-hybridized carbons (Fsp3) is 0.421. The van der Waals surface area contributed by atoms with Crippen LogP contribution in [0.25, 0.3) is 0 Å². The van der Waals surface area contributed by atoms with Crippen molar-refractivity contribution >= 4 is 38.2 Å². The Hall–Kier alpha value is -1.57. The van der Waals surface area contributed by atoms with Gasteiger partial charge in [0.25, 0.3) is 5.91 Å². The number of ether oxygens (including phenoxy) is 1. The molecule has 0 aliphatic carbocycles. The molecule has 0 saturated heterocycles. The maximum Gasteiger partial charge on any atom is 0.256 e. The third kappa shape index (κ3) is 3.02. The number of carbonyl (C=O) groups excluding carboxylic acids is 1. The molecule has 3 heterocycles. The van der Waals surface area contributed by atoms with Crippen molar-refractivity contribution in [2.24, 2.45) is 0 Å². The maximum atomic E-state index is 12.8. The topological polar surface area (TPSA) is 53.6 Å². The number of nitrogens with zero attached hydrogens (tertiary/aromatic N) is 1. The first-order chi connectivity index (χ1) is 12.5. The first-order valence-corrected chi connectivity index (χ1v) is 10.4. The van der Waals surface area contributed by atoms with E-state index in [2.05, 4.69) is 45.3 Å². The van der Waals surface area contributed by atoms with Crippen LogP contribution in [0.5, 0.6) is 5.75 Å². The fourth-order valence-corrected chi connectivity index (χ4v) is 5.46. The number of amides is 1. The van der Waals surface area contributed by atoms with E-state index < -0.39 is 0 Å². The Balaban J connectivity index is 1.63. The summed E-state index contributed by atoms with van der Waals surface area (Å²) in [5.41, 5.74) is 3.06. The van der Waals surface area contributed by atoms with Crippen LogP contribution in [-0.4, -0.2) is 30.5 Å². The molecule has 0 fully saturated rings. The summed E-state index contributed by atoms with van der Waals surface area (Å²) in [6.45, 7) is 6.39. The number of halogens is 1. The lowest BCUT2D eigenvalue weighted by Crippen LogP contribution is -2.39. The zero-order valence-corrected chi connectivity index (χ0v) is 17.5. The van der Waals surface area contributed by atoms with Crippen LogP contribution in [0.15, 0.2) is 22.7 Å². The predicted molar refractivity (Wildman–Crippen MR) is 108 cm³/mol. The number of hydrogen-bond acceptors (Lipinski definition) is 5. The molecule has 1 aromatic heterocycles. The van der Waals surface area contributed by atoms with E-state index in [4.69, 9.17) is 4.74 Å². The van der Waals surface area contributed by atoms with Crippen molar-refractivity contribution in [3.8, 4) is 5.75 Å². The zero-order chi connectivity index (χ0) is 18.4. The molecule has 1 aromatic carbocycles. The van der Waals surface area contributed by atoms with Crippen LogP contribution in [0.1, 0.15) is 46.4 Å². The molecule has 1 amide bonds. The summed E-state index contributed by atoms with van der Waals surface area (Å²) >= 11 is 5.24. The number of fused-ring (bicyclic) bond motifs is 3. The Kier molecular flexibility index (Phi) is 4.71. The van der Waals surface area contributed by atoms with Gasteiger partial charge in [0.15, 0.2) is 0 Å². The Morgan fingerprint density at radius 3 is 2.85 bits per heavy atom. The van der Waals surface area contributed by atoms with Gasteiger partial charge in [0, 0.05) is 24.0 Å². The van der Waals surface area contributed by atoms with Gasteiger partial charge in [-0.1, -0.05) is 6.07 Å². The van der Waals surface area contributed by atoms with E-state index in [9.17, 15) is 4.79 Å². The normalized spacial score (nSPS) is 19.6. The van der Waals surface area contributed by atoms with Gasteiger partial charge in [-0.3, -0.25) is 9.69 Å². The van der Waals surface area contributed by atoms with E-state index in [1.165, 1.54) is 10.4 Å². The summed E-state index contributed by atoms with van der Waals surface area (Å²) in [7, 11) is 1.64. The van der Waals surface area contributed by atoms with E-state index in [0.29, 0.717) is 6.04 Å². The van der Waals surface area contributed by atoms with Crippen LogP contribution < -0.4 is 15.4 Å². The molecule has 0 bridgehead atoms. The van der Waals surface area contributed by atoms with Crippen molar-refractivity contribution in [3.05, 3.63) is 44.2 Å². The van der Waals surface area contributed by atoms with E-state index in [0.717, 1.165) is 45.9 Å². The molecule has 26 heavy (non-hydrogen) atoms. The van der Waals surface area contributed by atoms with Gasteiger partial charge in [-0.15, -0.1) is 11.3 Å². The molecule has 7 heteroatoms. The number of thiophene rings is 1. The number of benzene rings is 1. The van der Waals surface area contributed by atoms with Gasteiger partial charge in [0.05, 0.1) is 17.1 Å². The molecule has 2 aliphatic rings. The largest absolute Gasteiger partial charge is 0.496 e. The first-order valence-electron chi connectivity index (χ1n) is 8.77. The highest BCUT2D eigenvalue weighted by Gasteiger charge is 2.33. The molecule has 2 N–H and O–H groups in total. The molecule has 0 spiro atoms. The summed E-state index contributed by atoms with van der Waals surface area (Å²) in [5.74, 6) is 0.795. The summed E-state index contributed by atoms with van der Waals surface area (Å²) in [4.78, 5) is 16.6. The number of methoxy groups -OCH3 is 1. The number of rotatable bonds is 3. The van der Waals surface area contributed by atoms with Gasteiger partial charge in [0.1, 0.15) is 16.9 Å². The highest BCUT2D eigenvalue weighted by Crippen LogP contribution is 2.41. The molecule has 0 radical (unpaired) electrons. The molecule has 0 unspecified atom stereocenters. The summed E-state index contributed by atoms with van der Waals surface area (Å²) in [6, 6.07) is 6.38. The molecular formula is C19H22BrN3O2S. The summed E-state index contributed by atoms with van der Waals surface area (Å²) in [6.07, 6.45) is 0.700. The molecular weight excluding hydrogens is 414 g/mol. The van der Waals surface area contributed by atoms with E-state index in [1.54, 1.807) is 18.4 Å². The fourth-order valence-electron chi connectivity index (χ4n) is 3.61. The molecule has 138 valence electrons. The monoisotopic (exact) mass is 435 g/mol. The second-order valence-corrected chi connectivity index (χ2v) is 8.93. The number of carbonyl (C=O) groups is 1. The van der Waals surface area contributed by atoms with Gasteiger partial charge in [-0.25, -0.2) is 0 Å². The van der Waals surface area contributed by atoms with Crippen LogP contribution in [-0.2, 0) is 13.0 Å². The molecule has 0 saturated carbocycles. The quantitative estimate of drug-likeness (QED) is 0.760. The third-order valence-corrected chi connectivity index (χ3v) is 6.87. The van der Waals surface area contributed by atoms with Crippen LogP contribution in [0.3, 0.4) is 0 Å². The average molecular weight is 436 g/mol. The highest BCUT2D eigenvalue weighted by molar-refractivity contribution is 9.10. The minimum Gasteiger partial charge on any atom is -0.496 e. The molecule has 2 aromatic rings. The van der Waals surface area contributed by atoms with Crippen molar-refractivity contribution < 1.29 is 9.53 Å². The Bertz CT molecular complexity index is 865. The second kappa shape index (κ2) is 6.87. The standard InChI is InChI=1S/C19H22BrN3O2S/c1-10(2)23-7-6-12-15(9-23)26-19-16(12)18(24)21-17(22-19)11-4-5-14(25-3)13(20)8-11/h4-5,8,10,17,22H,6-7,9H2,1-3H3,(H,21,24)/t17-/m1/s1. The first kappa shape index (κ1) is 17.8. The van der Waals surface area contributed by atoms with Crippen molar-refractivity contribution in [2.45, 2.75) is 39.0 Å². The molecule has 2 aliphatic heterocycles. The van der Waals surface area contributed by atoms with Crippen molar-refractivity contribution in [1.29, 1.82) is 0 Å². The average Bonchev–Trinajstić information content (AvgIpc) is 2.99. The predicted octanol–water partition coefficient (Wildman–Crippen LogP) is 4.14. The third-order valence-electron chi connectivity index (χ3n) is 5.10. The second-order valence-electron chi connectivity index (χ2n) is 6.97.